The van der Waals surface area contributed by atoms with Crippen LogP contribution in [0.4, 0.5) is 15.8 Å². The van der Waals surface area contributed by atoms with Crippen LogP contribution in [0.3, 0.4) is 0 Å². The molecular formula is C14H11Cl2FN2O. The Hall–Kier alpha value is -1.78. The summed E-state index contributed by atoms with van der Waals surface area (Å²) in [6, 6.07) is 8.87. The van der Waals surface area contributed by atoms with Crippen LogP contribution in [0.15, 0.2) is 36.4 Å². The highest BCUT2D eigenvalue weighted by molar-refractivity contribution is 6.42. The van der Waals surface area contributed by atoms with Gasteiger partial charge in [0.25, 0.3) is 0 Å². The number of amides is 1. The maximum Gasteiger partial charge on any atom is 0.228 e. The summed E-state index contributed by atoms with van der Waals surface area (Å²) in [7, 11) is 0. The molecule has 0 saturated heterocycles. The van der Waals surface area contributed by atoms with E-state index in [-0.39, 0.29) is 18.0 Å². The second-order valence-corrected chi connectivity index (χ2v) is 5.03. The number of carbonyl (C=O) groups excluding carboxylic acids is 1. The lowest BCUT2D eigenvalue weighted by atomic mass is 10.1. The number of rotatable bonds is 3. The second-order valence-electron chi connectivity index (χ2n) is 4.21. The molecule has 2 rings (SSSR count). The van der Waals surface area contributed by atoms with Crippen molar-refractivity contribution >= 4 is 40.5 Å². The molecule has 0 heterocycles. The molecule has 1 amide bonds. The average molecular weight is 313 g/mol. The molecule has 20 heavy (non-hydrogen) atoms. The molecule has 3 nitrogen and oxygen atoms in total. The fraction of sp³-hybridized carbons (Fsp3) is 0.0714. The third kappa shape index (κ3) is 3.62. The molecule has 0 radical (unpaired) electrons. The number of nitrogen functional groups attached to an aromatic ring is 1. The summed E-state index contributed by atoms with van der Waals surface area (Å²) >= 11 is 11.7. The smallest absolute Gasteiger partial charge is 0.228 e. The molecule has 2 aromatic rings. The Morgan fingerprint density at radius 3 is 2.60 bits per heavy atom. The summed E-state index contributed by atoms with van der Waals surface area (Å²) in [5, 5.41) is 3.25. The normalized spacial score (nSPS) is 10.3. The molecule has 0 aliphatic rings. The van der Waals surface area contributed by atoms with Crippen LogP contribution in [0.25, 0.3) is 0 Å². The van der Waals surface area contributed by atoms with Crippen molar-refractivity contribution in [1.29, 1.82) is 0 Å². The molecule has 0 saturated carbocycles. The van der Waals surface area contributed by atoms with Crippen LogP contribution < -0.4 is 11.1 Å². The van der Waals surface area contributed by atoms with Crippen molar-refractivity contribution in [2.45, 2.75) is 6.42 Å². The molecular weight excluding hydrogens is 302 g/mol. The summed E-state index contributed by atoms with van der Waals surface area (Å²) in [5.74, 6) is -0.908. The van der Waals surface area contributed by atoms with Crippen LogP contribution in [-0.4, -0.2) is 5.91 Å². The van der Waals surface area contributed by atoms with E-state index in [1.54, 1.807) is 18.2 Å². The zero-order valence-corrected chi connectivity index (χ0v) is 11.8. The minimum absolute atomic E-state index is 0.0510. The van der Waals surface area contributed by atoms with Gasteiger partial charge in [0.05, 0.1) is 22.2 Å². The molecule has 3 N–H and O–H groups in total. The molecule has 0 aliphatic heterocycles. The predicted molar refractivity (Wildman–Crippen MR) is 79.6 cm³/mol. The molecule has 104 valence electrons. The van der Waals surface area contributed by atoms with E-state index in [0.717, 1.165) is 0 Å². The summed E-state index contributed by atoms with van der Waals surface area (Å²) in [6.07, 6.45) is 0.0606. The third-order valence-electron chi connectivity index (χ3n) is 2.61. The van der Waals surface area contributed by atoms with Gasteiger partial charge in [0, 0.05) is 5.69 Å². The molecule has 6 heteroatoms. The van der Waals surface area contributed by atoms with Crippen LogP contribution in [0, 0.1) is 5.82 Å². The molecule has 0 aliphatic carbocycles. The molecule has 0 unspecified atom stereocenters. The van der Waals surface area contributed by atoms with Crippen molar-refractivity contribution in [2.75, 3.05) is 11.1 Å². The van der Waals surface area contributed by atoms with Gasteiger partial charge in [0.2, 0.25) is 5.91 Å². The number of nitrogens with two attached hydrogens (primary N) is 1. The largest absolute Gasteiger partial charge is 0.399 e. The summed E-state index contributed by atoms with van der Waals surface area (Å²) in [5.41, 5.74) is 6.65. The Kier molecular flexibility index (Phi) is 4.47. The van der Waals surface area contributed by atoms with E-state index in [2.05, 4.69) is 5.32 Å². The van der Waals surface area contributed by atoms with Gasteiger partial charge in [-0.3, -0.25) is 4.79 Å². The third-order valence-corrected chi connectivity index (χ3v) is 3.35. The molecule has 0 aromatic heterocycles. The molecule has 2 aromatic carbocycles. The van der Waals surface area contributed by atoms with Crippen LogP contribution in [-0.2, 0) is 11.2 Å². The number of anilines is 2. The van der Waals surface area contributed by atoms with Gasteiger partial charge in [-0.2, -0.15) is 0 Å². The first kappa shape index (κ1) is 14.6. The van der Waals surface area contributed by atoms with Crippen LogP contribution in [0.5, 0.6) is 0 Å². The number of hydrogen-bond donors (Lipinski definition) is 2. The number of hydrogen-bond acceptors (Lipinski definition) is 2. The Bertz CT molecular complexity index is 662. The topological polar surface area (TPSA) is 55.1 Å². The van der Waals surface area contributed by atoms with Crippen molar-refractivity contribution in [1.82, 2.24) is 0 Å². The van der Waals surface area contributed by atoms with Crippen molar-refractivity contribution in [3.05, 3.63) is 57.8 Å². The minimum Gasteiger partial charge on any atom is -0.399 e. The van der Waals surface area contributed by atoms with E-state index in [9.17, 15) is 9.18 Å². The van der Waals surface area contributed by atoms with E-state index in [0.29, 0.717) is 21.3 Å². The van der Waals surface area contributed by atoms with Gasteiger partial charge in [-0.1, -0.05) is 29.3 Å². The first-order valence-electron chi connectivity index (χ1n) is 5.74. The van der Waals surface area contributed by atoms with Gasteiger partial charge in [0.15, 0.2) is 0 Å². The Balaban J connectivity index is 2.09. The SMILES string of the molecule is Nc1ccc(F)c(NC(=O)Cc2ccc(Cl)c(Cl)c2)c1. The Morgan fingerprint density at radius 2 is 1.90 bits per heavy atom. The molecule has 0 atom stereocenters. The average Bonchev–Trinajstić information content (AvgIpc) is 2.38. The number of halogens is 3. The highest BCUT2D eigenvalue weighted by atomic mass is 35.5. The van der Waals surface area contributed by atoms with Gasteiger partial charge in [-0.05, 0) is 35.9 Å². The van der Waals surface area contributed by atoms with E-state index in [1.165, 1.54) is 18.2 Å². The second kappa shape index (κ2) is 6.11. The van der Waals surface area contributed by atoms with Gasteiger partial charge in [-0.15, -0.1) is 0 Å². The highest BCUT2D eigenvalue weighted by Gasteiger charge is 2.09. The standard InChI is InChI=1S/C14H11Cl2FN2O/c15-10-3-1-8(5-11(10)16)6-14(20)19-13-7-9(18)2-4-12(13)17/h1-5,7H,6,18H2,(H,19,20). The van der Waals surface area contributed by atoms with Crippen molar-refractivity contribution in [2.24, 2.45) is 0 Å². The lowest BCUT2D eigenvalue weighted by Crippen LogP contribution is -2.15. The van der Waals surface area contributed by atoms with Crippen LogP contribution in [0.1, 0.15) is 5.56 Å². The Labute approximate surface area is 125 Å². The van der Waals surface area contributed by atoms with Crippen molar-refractivity contribution in [3.8, 4) is 0 Å². The van der Waals surface area contributed by atoms with E-state index < -0.39 is 5.82 Å². The number of nitrogens with one attached hydrogen (secondary N) is 1. The Morgan fingerprint density at radius 1 is 1.15 bits per heavy atom. The maximum absolute atomic E-state index is 13.5. The number of carbonyl (C=O) groups is 1. The minimum atomic E-state index is -0.540. The molecule has 0 bridgehead atoms. The van der Waals surface area contributed by atoms with Gasteiger partial charge >= 0.3 is 0 Å². The summed E-state index contributed by atoms with van der Waals surface area (Å²) in [6.45, 7) is 0. The monoisotopic (exact) mass is 312 g/mol. The fourth-order valence-corrected chi connectivity index (χ4v) is 1.99. The van der Waals surface area contributed by atoms with E-state index >= 15 is 0 Å². The van der Waals surface area contributed by atoms with Crippen molar-refractivity contribution < 1.29 is 9.18 Å². The predicted octanol–water partition coefficient (Wildman–Crippen LogP) is 3.90. The first-order chi connectivity index (χ1) is 9.45. The van der Waals surface area contributed by atoms with Gasteiger partial charge < -0.3 is 11.1 Å². The number of benzene rings is 2. The first-order valence-corrected chi connectivity index (χ1v) is 6.50. The summed E-state index contributed by atoms with van der Waals surface area (Å²) < 4.78 is 13.5. The van der Waals surface area contributed by atoms with Crippen LogP contribution >= 0.6 is 23.2 Å². The fourth-order valence-electron chi connectivity index (χ4n) is 1.67. The maximum atomic E-state index is 13.5. The quantitative estimate of drug-likeness (QED) is 0.845. The van der Waals surface area contributed by atoms with E-state index in [1.807, 2.05) is 0 Å². The zero-order chi connectivity index (χ0) is 14.7. The highest BCUT2D eigenvalue weighted by Crippen LogP contribution is 2.23. The van der Waals surface area contributed by atoms with Gasteiger partial charge in [0.1, 0.15) is 5.82 Å². The lowest BCUT2D eigenvalue weighted by molar-refractivity contribution is -0.115. The lowest BCUT2D eigenvalue weighted by Gasteiger charge is -2.08. The zero-order valence-electron chi connectivity index (χ0n) is 10.3. The van der Waals surface area contributed by atoms with Gasteiger partial charge in [-0.25, -0.2) is 4.39 Å². The van der Waals surface area contributed by atoms with E-state index in [4.69, 9.17) is 28.9 Å². The summed E-state index contributed by atoms with van der Waals surface area (Å²) in [4.78, 5) is 11.8. The molecule has 0 spiro atoms. The van der Waals surface area contributed by atoms with Crippen molar-refractivity contribution in [3.63, 3.8) is 0 Å². The molecule has 0 fully saturated rings. The van der Waals surface area contributed by atoms with Crippen LogP contribution in [0.2, 0.25) is 10.0 Å².